The summed E-state index contributed by atoms with van der Waals surface area (Å²) in [6, 6.07) is 14.1. The molecule has 0 N–H and O–H groups in total. The first-order valence-corrected chi connectivity index (χ1v) is 7.87. The Bertz CT molecular complexity index is 870. The molecule has 2 heterocycles. The molecule has 3 rings (SSSR count). The van der Waals surface area contributed by atoms with Crippen LogP contribution in [0.25, 0.3) is 5.52 Å². The Morgan fingerprint density at radius 3 is 2.38 bits per heavy atom. The van der Waals surface area contributed by atoms with Crippen molar-refractivity contribution in [2.24, 2.45) is 0 Å². The van der Waals surface area contributed by atoms with E-state index >= 15 is 0 Å². The molecule has 1 aromatic carbocycles. The molecule has 4 nitrogen and oxygen atoms in total. The van der Waals surface area contributed by atoms with E-state index in [-0.39, 0.29) is 11.7 Å². The molecule has 0 aliphatic carbocycles. The Balaban J connectivity index is 2.02. The van der Waals surface area contributed by atoms with Gasteiger partial charge in [-0.1, -0.05) is 0 Å². The third kappa shape index (κ3) is 2.85. The lowest BCUT2D eigenvalue weighted by atomic mass is 10.2. The first kappa shape index (κ1) is 16.1. The van der Waals surface area contributed by atoms with Crippen LogP contribution in [0, 0.1) is 5.82 Å². The molecule has 0 aliphatic rings. The van der Waals surface area contributed by atoms with Crippen molar-refractivity contribution in [1.82, 2.24) is 9.30 Å². The van der Waals surface area contributed by atoms with Crippen molar-refractivity contribution >= 4 is 22.9 Å². The van der Waals surface area contributed by atoms with Crippen LogP contribution < -0.4 is 4.90 Å². The van der Waals surface area contributed by atoms with Gasteiger partial charge < -0.3 is 14.2 Å². The third-order valence-corrected chi connectivity index (χ3v) is 4.26. The first-order valence-electron chi connectivity index (χ1n) is 7.87. The highest BCUT2D eigenvalue weighted by atomic mass is 19.1. The summed E-state index contributed by atoms with van der Waals surface area (Å²) >= 11 is 0. The quantitative estimate of drug-likeness (QED) is 0.727. The van der Waals surface area contributed by atoms with Crippen LogP contribution in [0.3, 0.4) is 0 Å². The molecule has 0 unspecified atom stereocenters. The predicted molar refractivity (Wildman–Crippen MR) is 94.5 cm³/mol. The molecule has 124 valence electrons. The van der Waals surface area contributed by atoms with Crippen LogP contribution in [0.2, 0.25) is 0 Å². The van der Waals surface area contributed by atoms with E-state index in [1.54, 1.807) is 24.1 Å². The molecule has 0 fully saturated rings. The highest BCUT2D eigenvalue weighted by molar-refractivity contribution is 5.94. The molecule has 0 saturated carbocycles. The summed E-state index contributed by atoms with van der Waals surface area (Å²) in [7, 11) is 3.70. The Kier molecular flexibility index (Phi) is 4.25. The van der Waals surface area contributed by atoms with Crippen molar-refractivity contribution < 1.29 is 9.18 Å². The average Bonchev–Trinajstić information content (AvgIpc) is 3.03. The molecule has 0 saturated heterocycles. The van der Waals surface area contributed by atoms with Gasteiger partial charge in [0.05, 0.1) is 5.56 Å². The first-order chi connectivity index (χ1) is 11.5. The maximum absolute atomic E-state index is 13.1. The van der Waals surface area contributed by atoms with E-state index < -0.39 is 0 Å². The van der Waals surface area contributed by atoms with Crippen molar-refractivity contribution in [2.75, 3.05) is 25.5 Å². The van der Waals surface area contributed by atoms with Gasteiger partial charge in [0.2, 0.25) is 0 Å². The summed E-state index contributed by atoms with van der Waals surface area (Å²) in [5.41, 5.74) is 2.50. The summed E-state index contributed by atoms with van der Waals surface area (Å²) in [6.45, 7) is 2.60. The minimum atomic E-state index is -0.261. The molecular formula is C19H20FN3O. The monoisotopic (exact) mass is 325 g/mol. The number of aromatic nitrogens is 1. The normalized spacial score (nSPS) is 10.8. The van der Waals surface area contributed by atoms with Crippen LogP contribution in [0.1, 0.15) is 17.3 Å². The molecule has 0 atom stereocenters. The molecule has 24 heavy (non-hydrogen) atoms. The second-order valence-corrected chi connectivity index (χ2v) is 5.76. The summed E-state index contributed by atoms with van der Waals surface area (Å²) in [6.07, 6.45) is 1.85. The molecule has 0 bridgehead atoms. The number of halogens is 1. The summed E-state index contributed by atoms with van der Waals surface area (Å²) in [5.74, 6) is 0.636. The second kappa shape index (κ2) is 6.35. The number of anilines is 2. The molecular weight excluding hydrogens is 305 g/mol. The van der Waals surface area contributed by atoms with Crippen molar-refractivity contribution in [2.45, 2.75) is 6.92 Å². The van der Waals surface area contributed by atoms with Crippen molar-refractivity contribution in [3.05, 3.63) is 66.1 Å². The zero-order chi connectivity index (χ0) is 17.3. The topological polar surface area (TPSA) is 28.0 Å². The highest BCUT2D eigenvalue weighted by Gasteiger charge is 2.14. The fourth-order valence-electron chi connectivity index (χ4n) is 2.65. The molecule has 3 aromatic rings. The van der Waals surface area contributed by atoms with Gasteiger partial charge in [0.15, 0.2) is 0 Å². The van der Waals surface area contributed by atoms with Crippen molar-refractivity contribution in [3.63, 3.8) is 0 Å². The van der Waals surface area contributed by atoms with Crippen LogP contribution in [-0.2, 0) is 0 Å². The summed E-state index contributed by atoms with van der Waals surface area (Å²) < 4.78 is 15.1. The number of hydrogen-bond donors (Lipinski definition) is 0. The molecule has 2 aromatic heterocycles. The maximum atomic E-state index is 13.1. The van der Waals surface area contributed by atoms with Crippen LogP contribution in [0.4, 0.5) is 15.9 Å². The summed E-state index contributed by atoms with van der Waals surface area (Å²) in [4.78, 5) is 16.0. The maximum Gasteiger partial charge on any atom is 0.255 e. The number of carbonyl (C=O) groups is 1. The minimum Gasteiger partial charge on any atom is -0.342 e. The Morgan fingerprint density at radius 1 is 1.04 bits per heavy atom. The van der Waals surface area contributed by atoms with E-state index in [9.17, 15) is 9.18 Å². The van der Waals surface area contributed by atoms with Gasteiger partial charge in [-0.05, 0) is 55.5 Å². The average molecular weight is 325 g/mol. The van der Waals surface area contributed by atoms with E-state index in [1.807, 2.05) is 53.7 Å². The zero-order valence-corrected chi connectivity index (χ0v) is 14.0. The van der Waals surface area contributed by atoms with E-state index in [0.717, 1.165) is 17.0 Å². The zero-order valence-electron chi connectivity index (χ0n) is 14.0. The lowest BCUT2D eigenvalue weighted by Gasteiger charge is -2.20. The molecule has 1 amide bonds. The number of nitrogens with zero attached hydrogens (tertiary/aromatic N) is 3. The Hall–Kier alpha value is -2.82. The number of hydrogen-bond acceptors (Lipinski definition) is 2. The van der Waals surface area contributed by atoms with Gasteiger partial charge in [0.25, 0.3) is 5.91 Å². The number of carbonyl (C=O) groups excluding carboxylic acids is 1. The second-order valence-electron chi connectivity index (χ2n) is 5.76. The number of amides is 1. The van der Waals surface area contributed by atoms with Crippen molar-refractivity contribution in [3.8, 4) is 0 Å². The van der Waals surface area contributed by atoms with Gasteiger partial charge in [0.1, 0.15) is 11.6 Å². The van der Waals surface area contributed by atoms with Gasteiger partial charge in [-0.25, -0.2) is 4.39 Å². The van der Waals surface area contributed by atoms with E-state index in [0.29, 0.717) is 12.1 Å². The lowest BCUT2D eigenvalue weighted by Crippen LogP contribution is -2.26. The van der Waals surface area contributed by atoms with E-state index in [2.05, 4.69) is 0 Å². The third-order valence-electron chi connectivity index (χ3n) is 4.26. The fourth-order valence-corrected chi connectivity index (χ4v) is 2.65. The smallest absolute Gasteiger partial charge is 0.255 e. The minimum absolute atomic E-state index is 0.0107. The van der Waals surface area contributed by atoms with Gasteiger partial charge in [0, 0.05) is 38.0 Å². The van der Waals surface area contributed by atoms with E-state index in [4.69, 9.17) is 0 Å². The molecule has 0 spiro atoms. The largest absolute Gasteiger partial charge is 0.342 e. The standard InChI is InChI=1S/C19H20FN3O/c1-4-21(2)19(24)14-5-8-17-11-12-18(23(17)13-14)22(3)16-9-6-15(20)7-10-16/h5-13H,4H2,1-3H3. The SMILES string of the molecule is CCN(C)C(=O)c1ccc2ccc(N(C)c3ccc(F)cc3)n2c1. The molecule has 5 heteroatoms. The lowest BCUT2D eigenvalue weighted by molar-refractivity contribution is 0.0802. The highest BCUT2D eigenvalue weighted by Crippen LogP contribution is 2.26. The molecule has 0 aliphatic heterocycles. The number of rotatable bonds is 4. The van der Waals surface area contributed by atoms with Gasteiger partial charge in [-0.15, -0.1) is 0 Å². The van der Waals surface area contributed by atoms with Crippen LogP contribution in [-0.4, -0.2) is 35.8 Å². The number of benzene rings is 1. The number of pyridine rings is 1. The van der Waals surface area contributed by atoms with Crippen LogP contribution in [0.15, 0.2) is 54.7 Å². The van der Waals surface area contributed by atoms with Gasteiger partial charge >= 0.3 is 0 Å². The summed E-state index contributed by atoms with van der Waals surface area (Å²) in [5, 5.41) is 0. The number of fused-ring (bicyclic) bond motifs is 1. The van der Waals surface area contributed by atoms with Crippen LogP contribution in [0.5, 0.6) is 0 Å². The predicted octanol–water partition coefficient (Wildman–Crippen LogP) is 3.94. The Labute approximate surface area is 140 Å². The van der Waals surface area contributed by atoms with Crippen LogP contribution >= 0.6 is 0 Å². The van der Waals surface area contributed by atoms with Crippen molar-refractivity contribution in [1.29, 1.82) is 0 Å². The molecule has 0 radical (unpaired) electrons. The van der Waals surface area contributed by atoms with Gasteiger partial charge in [-0.3, -0.25) is 4.79 Å². The Morgan fingerprint density at radius 2 is 1.71 bits per heavy atom. The van der Waals surface area contributed by atoms with Gasteiger partial charge in [-0.2, -0.15) is 0 Å². The fraction of sp³-hybridized carbons (Fsp3) is 0.211. The van der Waals surface area contributed by atoms with E-state index in [1.165, 1.54) is 12.1 Å².